The maximum absolute atomic E-state index is 12.2. The van der Waals surface area contributed by atoms with Crippen molar-refractivity contribution in [3.63, 3.8) is 0 Å². The summed E-state index contributed by atoms with van der Waals surface area (Å²) in [4.78, 5) is 14.1. The maximum Gasteiger partial charge on any atom is 0.224 e. The first-order valence-corrected chi connectivity index (χ1v) is 7.89. The Morgan fingerprint density at radius 1 is 1.38 bits per heavy atom. The topological polar surface area (TPSA) is 41.6 Å². The van der Waals surface area contributed by atoms with E-state index in [0.29, 0.717) is 23.0 Å². The minimum absolute atomic E-state index is 0.167. The summed E-state index contributed by atoms with van der Waals surface area (Å²) < 4.78 is 5.44. The van der Waals surface area contributed by atoms with Crippen LogP contribution in [0, 0.1) is 0 Å². The molecule has 1 aromatic carbocycles. The van der Waals surface area contributed by atoms with Crippen molar-refractivity contribution in [3.05, 3.63) is 27.7 Å². The van der Waals surface area contributed by atoms with Crippen LogP contribution in [0.3, 0.4) is 0 Å². The average Bonchev–Trinajstić information content (AvgIpc) is 2.82. The SMILES string of the molecule is COc1ccc(Cl)c(Cl)c1[C@H]1C[C@H]2CNCCC(=O)N2C1. The van der Waals surface area contributed by atoms with E-state index in [4.69, 9.17) is 27.9 Å². The van der Waals surface area contributed by atoms with Crippen molar-refractivity contribution in [1.29, 1.82) is 0 Å². The Morgan fingerprint density at radius 2 is 2.19 bits per heavy atom. The lowest BCUT2D eigenvalue weighted by Crippen LogP contribution is -2.37. The van der Waals surface area contributed by atoms with Crippen LogP contribution in [0.15, 0.2) is 12.1 Å². The van der Waals surface area contributed by atoms with Gasteiger partial charge >= 0.3 is 0 Å². The third kappa shape index (κ3) is 2.72. The molecule has 2 fully saturated rings. The van der Waals surface area contributed by atoms with Crippen molar-refractivity contribution in [3.8, 4) is 5.75 Å². The molecule has 2 aliphatic rings. The second-order valence-electron chi connectivity index (χ2n) is 5.56. The lowest BCUT2D eigenvalue weighted by atomic mass is 9.95. The van der Waals surface area contributed by atoms with Crippen molar-refractivity contribution in [2.24, 2.45) is 0 Å². The summed E-state index contributed by atoms with van der Waals surface area (Å²) in [5.41, 5.74) is 0.924. The predicted molar refractivity (Wildman–Crippen MR) is 83.4 cm³/mol. The molecule has 2 atom stereocenters. The molecule has 0 radical (unpaired) electrons. The fourth-order valence-electron chi connectivity index (χ4n) is 3.34. The van der Waals surface area contributed by atoms with E-state index in [9.17, 15) is 4.79 Å². The van der Waals surface area contributed by atoms with Crippen LogP contribution in [0.2, 0.25) is 10.0 Å². The Kier molecular flexibility index (Phi) is 4.29. The molecule has 6 heteroatoms. The van der Waals surface area contributed by atoms with E-state index >= 15 is 0 Å². The highest BCUT2D eigenvalue weighted by molar-refractivity contribution is 6.42. The van der Waals surface area contributed by atoms with Gasteiger partial charge in [-0.2, -0.15) is 0 Å². The van der Waals surface area contributed by atoms with Crippen LogP contribution in [-0.4, -0.2) is 43.6 Å². The molecule has 1 amide bonds. The Bertz CT molecular complexity index is 565. The first-order valence-electron chi connectivity index (χ1n) is 7.14. The molecule has 0 bridgehead atoms. The highest BCUT2D eigenvalue weighted by Crippen LogP contribution is 2.43. The second kappa shape index (κ2) is 6.03. The number of carbonyl (C=O) groups excluding carboxylic acids is 1. The molecule has 4 nitrogen and oxygen atoms in total. The molecule has 3 rings (SSSR count). The maximum atomic E-state index is 12.2. The summed E-state index contributed by atoms with van der Waals surface area (Å²) in [7, 11) is 1.63. The van der Waals surface area contributed by atoms with Crippen LogP contribution in [-0.2, 0) is 4.79 Å². The number of ether oxygens (including phenoxy) is 1. The number of nitrogens with one attached hydrogen (secondary N) is 1. The van der Waals surface area contributed by atoms with Crippen LogP contribution in [0.5, 0.6) is 5.75 Å². The highest BCUT2D eigenvalue weighted by Gasteiger charge is 2.38. The fraction of sp³-hybridized carbons (Fsp3) is 0.533. The van der Waals surface area contributed by atoms with Crippen LogP contribution < -0.4 is 10.1 Å². The van der Waals surface area contributed by atoms with Crippen molar-refractivity contribution in [1.82, 2.24) is 10.2 Å². The number of methoxy groups -OCH3 is 1. The van der Waals surface area contributed by atoms with Crippen LogP contribution >= 0.6 is 23.2 Å². The molecule has 114 valence electrons. The van der Waals surface area contributed by atoms with Gasteiger partial charge in [0.15, 0.2) is 0 Å². The zero-order valence-corrected chi connectivity index (χ0v) is 13.4. The summed E-state index contributed by atoms with van der Waals surface area (Å²) in [5, 5.41) is 4.39. The van der Waals surface area contributed by atoms with Gasteiger partial charge in [0.05, 0.1) is 17.2 Å². The minimum atomic E-state index is 0.167. The number of hydrogen-bond acceptors (Lipinski definition) is 3. The smallest absolute Gasteiger partial charge is 0.224 e. The number of carbonyl (C=O) groups is 1. The summed E-state index contributed by atoms with van der Waals surface area (Å²) in [5.74, 6) is 1.12. The van der Waals surface area contributed by atoms with Crippen LogP contribution in [0.4, 0.5) is 0 Å². The molecule has 2 aliphatic heterocycles. The highest BCUT2D eigenvalue weighted by atomic mass is 35.5. The fourth-order valence-corrected chi connectivity index (χ4v) is 3.81. The minimum Gasteiger partial charge on any atom is -0.496 e. The summed E-state index contributed by atoms with van der Waals surface area (Å²) >= 11 is 12.5. The first kappa shape index (κ1) is 14.9. The first-order chi connectivity index (χ1) is 10.1. The molecular weight excluding hydrogens is 311 g/mol. The number of benzene rings is 1. The summed E-state index contributed by atoms with van der Waals surface area (Å²) in [6.45, 7) is 2.28. The second-order valence-corrected chi connectivity index (χ2v) is 6.35. The quantitative estimate of drug-likeness (QED) is 0.907. The molecule has 2 saturated heterocycles. The molecule has 21 heavy (non-hydrogen) atoms. The molecular formula is C15H18Cl2N2O2. The van der Waals surface area contributed by atoms with Gasteiger partial charge in [-0.1, -0.05) is 23.2 Å². The number of fused-ring (bicyclic) bond motifs is 1. The molecule has 0 aliphatic carbocycles. The van der Waals surface area contributed by atoms with E-state index in [-0.39, 0.29) is 17.9 Å². The lowest BCUT2D eigenvalue weighted by Gasteiger charge is -2.21. The molecule has 0 spiro atoms. The van der Waals surface area contributed by atoms with E-state index in [1.54, 1.807) is 13.2 Å². The van der Waals surface area contributed by atoms with Gasteiger partial charge in [0, 0.05) is 43.6 Å². The van der Waals surface area contributed by atoms with Gasteiger partial charge in [0.1, 0.15) is 5.75 Å². The Labute approximate surface area is 134 Å². The third-order valence-corrected chi connectivity index (χ3v) is 5.17. The Morgan fingerprint density at radius 3 is 2.95 bits per heavy atom. The van der Waals surface area contributed by atoms with E-state index in [2.05, 4.69) is 5.32 Å². The number of halogens is 2. The van der Waals surface area contributed by atoms with Crippen molar-refractivity contribution in [2.75, 3.05) is 26.7 Å². The monoisotopic (exact) mass is 328 g/mol. The number of rotatable bonds is 2. The van der Waals surface area contributed by atoms with E-state index in [1.165, 1.54) is 0 Å². The Hall–Kier alpha value is -0.970. The number of hydrogen-bond donors (Lipinski definition) is 1. The average molecular weight is 329 g/mol. The number of amides is 1. The molecule has 0 unspecified atom stereocenters. The molecule has 2 heterocycles. The largest absolute Gasteiger partial charge is 0.496 e. The van der Waals surface area contributed by atoms with Gasteiger partial charge in [-0.05, 0) is 18.6 Å². The third-order valence-electron chi connectivity index (χ3n) is 4.35. The molecule has 1 aromatic rings. The van der Waals surface area contributed by atoms with Crippen LogP contribution in [0.25, 0.3) is 0 Å². The molecule has 1 N–H and O–H groups in total. The lowest BCUT2D eigenvalue weighted by molar-refractivity contribution is -0.131. The number of nitrogens with zero attached hydrogens (tertiary/aromatic N) is 1. The standard InChI is InChI=1S/C15H18Cl2N2O2/c1-21-12-3-2-11(16)15(17)14(12)9-6-10-7-18-5-4-13(20)19(10)8-9/h2-3,9-10,18H,4-8H2,1H3/t9-,10-/m0/s1. The predicted octanol–water partition coefficient (Wildman–Crippen LogP) is 2.68. The van der Waals surface area contributed by atoms with Gasteiger partial charge in [-0.3, -0.25) is 4.79 Å². The van der Waals surface area contributed by atoms with E-state index in [1.807, 2.05) is 11.0 Å². The van der Waals surface area contributed by atoms with Gasteiger partial charge < -0.3 is 15.0 Å². The van der Waals surface area contributed by atoms with Crippen molar-refractivity contribution < 1.29 is 9.53 Å². The van der Waals surface area contributed by atoms with Gasteiger partial charge in [0.25, 0.3) is 0 Å². The summed E-state index contributed by atoms with van der Waals surface area (Å²) in [6.07, 6.45) is 1.44. The molecule has 0 saturated carbocycles. The van der Waals surface area contributed by atoms with Crippen molar-refractivity contribution >= 4 is 29.1 Å². The van der Waals surface area contributed by atoms with Gasteiger partial charge in [-0.25, -0.2) is 0 Å². The Balaban J connectivity index is 1.93. The van der Waals surface area contributed by atoms with Crippen LogP contribution in [0.1, 0.15) is 24.3 Å². The zero-order chi connectivity index (χ0) is 15.0. The molecule has 0 aromatic heterocycles. The normalized spacial score (nSPS) is 25.7. The van der Waals surface area contributed by atoms with Gasteiger partial charge in [-0.15, -0.1) is 0 Å². The van der Waals surface area contributed by atoms with Gasteiger partial charge in [0.2, 0.25) is 5.91 Å². The zero-order valence-electron chi connectivity index (χ0n) is 11.9. The summed E-state index contributed by atoms with van der Waals surface area (Å²) in [6, 6.07) is 3.81. The van der Waals surface area contributed by atoms with Crippen molar-refractivity contribution in [2.45, 2.75) is 24.8 Å². The van der Waals surface area contributed by atoms with E-state index in [0.717, 1.165) is 30.8 Å². The van der Waals surface area contributed by atoms with E-state index < -0.39 is 0 Å².